The summed E-state index contributed by atoms with van der Waals surface area (Å²) < 4.78 is 10.2. The number of amides is 1. The van der Waals surface area contributed by atoms with Crippen LogP contribution in [0.4, 0.5) is 5.13 Å². The van der Waals surface area contributed by atoms with Crippen LogP contribution in [-0.2, 0) is 14.3 Å². The van der Waals surface area contributed by atoms with Crippen LogP contribution in [0.2, 0.25) is 0 Å². The summed E-state index contributed by atoms with van der Waals surface area (Å²) in [5.74, 6) is 0.656. The van der Waals surface area contributed by atoms with E-state index in [-0.39, 0.29) is 12.5 Å². The lowest BCUT2D eigenvalue weighted by Gasteiger charge is -2.34. The molecule has 140 valence electrons. The van der Waals surface area contributed by atoms with E-state index in [0.717, 1.165) is 18.2 Å². The maximum atomic E-state index is 12.1. The minimum atomic E-state index is 0.0518. The van der Waals surface area contributed by atoms with E-state index in [1.165, 1.54) is 37.1 Å². The molecule has 2 fully saturated rings. The molecule has 1 saturated carbocycles. The predicted octanol–water partition coefficient (Wildman–Crippen LogP) is 1.90. The number of carbonyl (C=O) groups is 1. The highest BCUT2D eigenvalue weighted by Crippen LogP contribution is 2.36. The Kier molecular flexibility index (Phi) is 7.01. The van der Waals surface area contributed by atoms with Gasteiger partial charge in [0.25, 0.3) is 0 Å². The van der Waals surface area contributed by atoms with Gasteiger partial charge in [-0.1, -0.05) is 30.6 Å². The number of carbonyl (C=O) groups excluding carboxylic acids is 1. The third-order valence-corrected chi connectivity index (χ3v) is 6.09. The molecule has 2 heterocycles. The van der Waals surface area contributed by atoms with Crippen molar-refractivity contribution in [2.45, 2.75) is 38.0 Å². The van der Waals surface area contributed by atoms with Crippen molar-refractivity contribution in [3.63, 3.8) is 0 Å². The zero-order valence-corrected chi connectivity index (χ0v) is 15.8. The Morgan fingerprint density at radius 1 is 1.12 bits per heavy atom. The molecule has 0 N–H and O–H groups in total. The number of hydrogen-bond donors (Lipinski definition) is 0. The van der Waals surface area contributed by atoms with Gasteiger partial charge in [0.05, 0.1) is 13.2 Å². The number of rotatable bonds is 7. The standard InChI is InChI=1S/C17H28N4O3S/c1-23-11-12-24-13-15(22)20-7-9-21(10-8-20)17-19-18-16(25-17)14-5-3-2-4-6-14/h14H,2-13H2,1H3. The summed E-state index contributed by atoms with van der Waals surface area (Å²) >= 11 is 1.74. The van der Waals surface area contributed by atoms with Crippen molar-refractivity contribution in [3.8, 4) is 0 Å². The highest BCUT2D eigenvalue weighted by atomic mass is 32.1. The Morgan fingerprint density at radius 2 is 1.88 bits per heavy atom. The van der Waals surface area contributed by atoms with E-state index in [4.69, 9.17) is 9.47 Å². The number of methoxy groups -OCH3 is 1. The average molecular weight is 369 g/mol. The molecule has 0 unspecified atom stereocenters. The highest BCUT2D eigenvalue weighted by Gasteiger charge is 2.25. The smallest absolute Gasteiger partial charge is 0.248 e. The first kappa shape index (κ1) is 18.5. The highest BCUT2D eigenvalue weighted by molar-refractivity contribution is 7.15. The Labute approximate surface area is 153 Å². The molecule has 8 heteroatoms. The van der Waals surface area contributed by atoms with Gasteiger partial charge < -0.3 is 19.3 Å². The lowest BCUT2D eigenvalue weighted by atomic mass is 9.90. The van der Waals surface area contributed by atoms with Gasteiger partial charge in [-0.3, -0.25) is 4.79 Å². The molecule has 0 bridgehead atoms. The topological polar surface area (TPSA) is 67.8 Å². The van der Waals surface area contributed by atoms with E-state index < -0.39 is 0 Å². The van der Waals surface area contributed by atoms with Gasteiger partial charge >= 0.3 is 0 Å². The van der Waals surface area contributed by atoms with Gasteiger partial charge in [0.15, 0.2) is 0 Å². The van der Waals surface area contributed by atoms with E-state index in [2.05, 4.69) is 15.1 Å². The van der Waals surface area contributed by atoms with Gasteiger partial charge in [-0.2, -0.15) is 0 Å². The largest absolute Gasteiger partial charge is 0.382 e. The quantitative estimate of drug-likeness (QED) is 0.685. The van der Waals surface area contributed by atoms with Crippen LogP contribution in [-0.4, -0.2) is 74.1 Å². The van der Waals surface area contributed by atoms with E-state index in [1.54, 1.807) is 18.4 Å². The molecule has 0 atom stereocenters. The third-order valence-electron chi connectivity index (χ3n) is 4.94. The number of aromatic nitrogens is 2. The molecule has 1 aromatic rings. The van der Waals surface area contributed by atoms with Crippen molar-refractivity contribution in [1.82, 2.24) is 15.1 Å². The minimum absolute atomic E-state index is 0.0518. The van der Waals surface area contributed by atoms with Crippen LogP contribution in [0.25, 0.3) is 0 Å². The molecular weight excluding hydrogens is 340 g/mol. The van der Waals surface area contributed by atoms with Crippen LogP contribution >= 0.6 is 11.3 Å². The molecule has 7 nitrogen and oxygen atoms in total. The molecule has 0 aromatic carbocycles. The molecule has 25 heavy (non-hydrogen) atoms. The van der Waals surface area contributed by atoms with Crippen LogP contribution in [0, 0.1) is 0 Å². The monoisotopic (exact) mass is 368 g/mol. The third kappa shape index (κ3) is 5.12. The van der Waals surface area contributed by atoms with Crippen molar-refractivity contribution >= 4 is 22.4 Å². The van der Waals surface area contributed by atoms with Crippen molar-refractivity contribution in [3.05, 3.63) is 5.01 Å². The fourth-order valence-corrected chi connectivity index (χ4v) is 4.47. The zero-order valence-electron chi connectivity index (χ0n) is 15.0. The first-order chi connectivity index (χ1) is 12.3. The first-order valence-corrected chi connectivity index (χ1v) is 10.0. The summed E-state index contributed by atoms with van der Waals surface area (Å²) in [4.78, 5) is 16.2. The second-order valence-corrected chi connectivity index (χ2v) is 7.66. The summed E-state index contributed by atoms with van der Waals surface area (Å²) in [6, 6.07) is 0. The Morgan fingerprint density at radius 3 is 2.60 bits per heavy atom. The summed E-state index contributed by atoms with van der Waals surface area (Å²) in [5, 5.41) is 11.0. The first-order valence-electron chi connectivity index (χ1n) is 9.20. The molecule has 0 radical (unpaired) electrons. The van der Waals surface area contributed by atoms with Gasteiger partial charge in [0, 0.05) is 39.2 Å². The van der Waals surface area contributed by atoms with E-state index in [9.17, 15) is 4.79 Å². The predicted molar refractivity (Wildman–Crippen MR) is 97.2 cm³/mol. The molecule has 0 spiro atoms. The van der Waals surface area contributed by atoms with Crippen molar-refractivity contribution in [2.75, 3.05) is 58.0 Å². The Bertz CT molecular complexity index is 540. The maximum Gasteiger partial charge on any atom is 0.248 e. The molecule has 1 saturated heterocycles. The van der Waals surface area contributed by atoms with Crippen LogP contribution in [0.5, 0.6) is 0 Å². The van der Waals surface area contributed by atoms with Crippen molar-refractivity contribution in [2.24, 2.45) is 0 Å². The number of hydrogen-bond acceptors (Lipinski definition) is 7. The fraction of sp³-hybridized carbons (Fsp3) is 0.824. The molecule has 1 aromatic heterocycles. The molecule has 2 aliphatic rings. The number of ether oxygens (including phenoxy) is 2. The van der Waals surface area contributed by atoms with E-state index >= 15 is 0 Å². The number of nitrogens with zero attached hydrogens (tertiary/aromatic N) is 4. The van der Waals surface area contributed by atoms with Crippen LogP contribution < -0.4 is 4.90 Å². The minimum Gasteiger partial charge on any atom is -0.382 e. The lowest BCUT2D eigenvalue weighted by molar-refractivity contribution is -0.136. The second kappa shape index (κ2) is 9.45. The summed E-state index contributed by atoms with van der Waals surface area (Å²) in [6.07, 6.45) is 6.48. The normalized spacial score (nSPS) is 19.4. The SMILES string of the molecule is COCCOCC(=O)N1CCN(c2nnc(C3CCCCC3)s2)CC1. The Hall–Kier alpha value is -1.25. The lowest BCUT2D eigenvalue weighted by Crippen LogP contribution is -2.49. The van der Waals surface area contributed by atoms with Crippen LogP contribution in [0.1, 0.15) is 43.0 Å². The zero-order chi connectivity index (χ0) is 17.5. The average Bonchev–Trinajstić information content (AvgIpc) is 3.16. The molecule has 1 aliphatic heterocycles. The van der Waals surface area contributed by atoms with Crippen molar-refractivity contribution < 1.29 is 14.3 Å². The second-order valence-electron chi connectivity index (χ2n) is 6.67. The number of piperazine rings is 1. The Balaban J connectivity index is 1.44. The van der Waals surface area contributed by atoms with Gasteiger partial charge in [0.1, 0.15) is 11.6 Å². The van der Waals surface area contributed by atoms with Gasteiger partial charge in [-0.15, -0.1) is 10.2 Å². The maximum absolute atomic E-state index is 12.1. The molecule has 1 aliphatic carbocycles. The van der Waals surface area contributed by atoms with Gasteiger partial charge in [-0.25, -0.2) is 0 Å². The molecule has 1 amide bonds. The van der Waals surface area contributed by atoms with Crippen LogP contribution in [0.15, 0.2) is 0 Å². The fourth-order valence-electron chi connectivity index (χ4n) is 3.41. The van der Waals surface area contributed by atoms with Gasteiger partial charge in [0.2, 0.25) is 11.0 Å². The van der Waals surface area contributed by atoms with Crippen molar-refractivity contribution in [1.29, 1.82) is 0 Å². The summed E-state index contributed by atoms with van der Waals surface area (Å²) in [5.41, 5.74) is 0. The van der Waals surface area contributed by atoms with Crippen LogP contribution in [0.3, 0.4) is 0 Å². The van der Waals surface area contributed by atoms with E-state index in [1.807, 2.05) is 4.90 Å². The van der Waals surface area contributed by atoms with E-state index in [0.29, 0.717) is 32.2 Å². The summed E-state index contributed by atoms with van der Waals surface area (Å²) in [6.45, 7) is 4.15. The van der Waals surface area contributed by atoms with Gasteiger partial charge in [-0.05, 0) is 12.8 Å². The number of anilines is 1. The summed E-state index contributed by atoms with van der Waals surface area (Å²) in [7, 11) is 1.62. The molecular formula is C17H28N4O3S. The molecule has 3 rings (SSSR count).